The number of aliphatic hydroxyl groups is 1. The first-order chi connectivity index (χ1) is 13.0. The van der Waals surface area contributed by atoms with E-state index in [9.17, 15) is 9.90 Å². The van der Waals surface area contributed by atoms with Gasteiger partial charge in [-0.05, 0) is 32.3 Å². The minimum absolute atomic E-state index is 0.0862. The number of aliphatic hydroxyl groups excluding tert-OH is 1. The van der Waals surface area contributed by atoms with Gasteiger partial charge in [-0.2, -0.15) is 0 Å². The summed E-state index contributed by atoms with van der Waals surface area (Å²) in [5.74, 6) is -0.245. The van der Waals surface area contributed by atoms with Crippen LogP contribution in [-0.2, 0) is 4.79 Å². The van der Waals surface area contributed by atoms with Gasteiger partial charge in [0.25, 0.3) is 0 Å². The first kappa shape index (κ1) is 19.8. The number of aromatic nitrogens is 2. The van der Waals surface area contributed by atoms with Gasteiger partial charge in [0, 0.05) is 43.3 Å². The van der Waals surface area contributed by atoms with Crippen molar-refractivity contribution in [3.05, 3.63) is 23.7 Å². The highest BCUT2D eigenvalue weighted by Crippen LogP contribution is 2.37. The number of anilines is 1. The number of nitrogens with zero attached hydrogens (tertiary/aromatic N) is 3. The third-order valence-corrected chi connectivity index (χ3v) is 5.81. The van der Waals surface area contributed by atoms with Crippen LogP contribution in [0, 0.1) is 5.41 Å². The van der Waals surface area contributed by atoms with Crippen molar-refractivity contribution in [3.8, 4) is 0 Å². The smallest absolute Gasteiger partial charge is 0.331 e. The summed E-state index contributed by atoms with van der Waals surface area (Å²) in [6, 6.07) is 0.320. The van der Waals surface area contributed by atoms with Gasteiger partial charge in [-0.25, -0.2) is 9.78 Å². The lowest BCUT2D eigenvalue weighted by atomic mass is 9.74. The zero-order valence-corrected chi connectivity index (χ0v) is 16.0. The predicted molar refractivity (Wildman–Crippen MR) is 104 cm³/mol. The minimum atomic E-state index is -0.955. The molecule has 0 radical (unpaired) electrons. The van der Waals surface area contributed by atoms with Crippen molar-refractivity contribution in [1.29, 1.82) is 0 Å². The van der Waals surface area contributed by atoms with Crippen molar-refractivity contribution in [3.63, 3.8) is 0 Å². The number of aliphatic carboxylic acids is 1. The Hall–Kier alpha value is -1.99. The highest BCUT2D eigenvalue weighted by Gasteiger charge is 2.35. The summed E-state index contributed by atoms with van der Waals surface area (Å²) in [5.41, 5.74) is 0.857. The van der Waals surface area contributed by atoms with Gasteiger partial charge in [-0.15, -0.1) is 0 Å². The summed E-state index contributed by atoms with van der Waals surface area (Å²) in [6.07, 6.45) is 11.8. The van der Waals surface area contributed by atoms with Crippen molar-refractivity contribution >= 4 is 17.9 Å². The number of likely N-dealkylation sites (tertiary alicyclic amines) is 1. The molecule has 3 rings (SSSR count). The Morgan fingerprint density at radius 2 is 2.11 bits per heavy atom. The molecule has 2 aliphatic rings. The van der Waals surface area contributed by atoms with Crippen molar-refractivity contribution in [2.75, 3.05) is 31.6 Å². The summed E-state index contributed by atoms with van der Waals surface area (Å²) in [5, 5.41) is 22.3. The van der Waals surface area contributed by atoms with E-state index in [0.717, 1.165) is 38.9 Å². The lowest BCUT2D eigenvalue weighted by Gasteiger charge is -2.38. The second-order valence-electron chi connectivity index (χ2n) is 8.04. The van der Waals surface area contributed by atoms with Gasteiger partial charge in [0.05, 0.1) is 18.1 Å². The van der Waals surface area contributed by atoms with Crippen LogP contribution in [0.2, 0.25) is 0 Å². The van der Waals surface area contributed by atoms with Gasteiger partial charge in [0.15, 0.2) is 0 Å². The van der Waals surface area contributed by atoms with Crippen LogP contribution in [0.3, 0.4) is 0 Å². The standard InChI is InChI=1S/C20H30N4O3/c1-15(19(26)27)9-17-10-22-18(11-21-17)23-16-5-8-24(12-16)13-20(14-25)6-3-2-4-7-20/h9-11,16,25H,2-8,12-14H2,1H3,(H,22,23)(H,26,27)/t16-/m1/s1. The van der Waals surface area contributed by atoms with Crippen LogP contribution in [-0.4, -0.2) is 63.3 Å². The van der Waals surface area contributed by atoms with Crippen molar-refractivity contribution in [2.45, 2.75) is 51.5 Å². The average molecular weight is 374 g/mol. The third-order valence-electron chi connectivity index (χ3n) is 5.81. The molecule has 1 aromatic heterocycles. The largest absolute Gasteiger partial charge is 0.478 e. The van der Waals surface area contributed by atoms with Crippen molar-refractivity contribution < 1.29 is 15.0 Å². The zero-order valence-electron chi connectivity index (χ0n) is 16.0. The van der Waals surface area contributed by atoms with E-state index in [2.05, 4.69) is 20.2 Å². The molecule has 7 heteroatoms. The molecule has 1 aromatic rings. The fourth-order valence-corrected chi connectivity index (χ4v) is 4.22. The monoisotopic (exact) mass is 374 g/mol. The topological polar surface area (TPSA) is 98.6 Å². The normalized spacial score (nSPS) is 23.3. The van der Waals surface area contributed by atoms with Crippen LogP contribution >= 0.6 is 0 Å². The highest BCUT2D eigenvalue weighted by molar-refractivity contribution is 5.91. The quantitative estimate of drug-likeness (QED) is 0.630. The number of carbonyl (C=O) groups is 1. The van der Waals surface area contributed by atoms with Crippen LogP contribution in [0.1, 0.15) is 51.1 Å². The molecule has 27 heavy (non-hydrogen) atoms. The van der Waals surface area contributed by atoms with Gasteiger partial charge < -0.3 is 20.4 Å². The molecular weight excluding hydrogens is 344 g/mol. The second-order valence-corrected chi connectivity index (χ2v) is 8.04. The Labute approximate surface area is 160 Å². The Bertz CT molecular complexity index is 668. The SMILES string of the molecule is CC(=Cc1cnc(N[C@@H]2CCN(CC3(CO)CCCCC3)C2)cn1)C(=O)O. The highest BCUT2D eigenvalue weighted by atomic mass is 16.4. The second kappa shape index (κ2) is 8.80. The summed E-state index contributed by atoms with van der Waals surface area (Å²) in [7, 11) is 0. The van der Waals surface area contributed by atoms with E-state index in [1.165, 1.54) is 32.3 Å². The molecule has 0 aromatic carbocycles. The number of carboxylic acid groups (broad SMARTS) is 1. The maximum atomic E-state index is 10.9. The van der Waals surface area contributed by atoms with Gasteiger partial charge in [-0.1, -0.05) is 19.3 Å². The predicted octanol–water partition coefficient (Wildman–Crippen LogP) is 2.39. The molecule has 2 fully saturated rings. The summed E-state index contributed by atoms with van der Waals surface area (Å²) in [6.45, 7) is 4.78. The molecule has 3 N–H and O–H groups in total. The van der Waals surface area contributed by atoms with E-state index in [4.69, 9.17) is 5.11 Å². The molecule has 0 bridgehead atoms. The van der Waals surface area contributed by atoms with Crippen molar-refractivity contribution in [1.82, 2.24) is 14.9 Å². The van der Waals surface area contributed by atoms with Gasteiger partial charge >= 0.3 is 5.97 Å². The van der Waals surface area contributed by atoms with Gasteiger partial charge in [-0.3, -0.25) is 4.98 Å². The maximum absolute atomic E-state index is 10.9. The Balaban J connectivity index is 1.52. The van der Waals surface area contributed by atoms with E-state index >= 15 is 0 Å². The fraction of sp³-hybridized carbons (Fsp3) is 0.650. The number of hydrogen-bond donors (Lipinski definition) is 3. The Kier molecular flexibility index (Phi) is 6.44. The Morgan fingerprint density at radius 1 is 1.33 bits per heavy atom. The fourth-order valence-electron chi connectivity index (χ4n) is 4.22. The first-order valence-corrected chi connectivity index (χ1v) is 9.83. The molecule has 1 aliphatic heterocycles. The average Bonchev–Trinajstić information content (AvgIpc) is 3.10. The minimum Gasteiger partial charge on any atom is -0.478 e. The molecule has 0 spiro atoms. The lowest BCUT2D eigenvalue weighted by molar-refractivity contribution is -0.132. The summed E-state index contributed by atoms with van der Waals surface area (Å²) < 4.78 is 0. The van der Waals surface area contributed by atoms with E-state index < -0.39 is 5.97 Å². The molecule has 1 aliphatic carbocycles. The van der Waals surface area contributed by atoms with Gasteiger partial charge in [0.1, 0.15) is 5.82 Å². The molecule has 0 unspecified atom stereocenters. The van der Waals surface area contributed by atoms with Crippen LogP contribution in [0.15, 0.2) is 18.0 Å². The van der Waals surface area contributed by atoms with Gasteiger partial charge in [0.2, 0.25) is 0 Å². The Morgan fingerprint density at radius 3 is 2.74 bits per heavy atom. The van der Waals surface area contributed by atoms with Crippen LogP contribution < -0.4 is 5.32 Å². The van der Waals surface area contributed by atoms with Crippen LogP contribution in [0.4, 0.5) is 5.82 Å². The molecular formula is C20H30N4O3. The number of carboxylic acids is 1. The maximum Gasteiger partial charge on any atom is 0.331 e. The molecule has 1 saturated carbocycles. The van der Waals surface area contributed by atoms with E-state index in [1.54, 1.807) is 12.4 Å². The molecule has 1 saturated heterocycles. The zero-order chi connectivity index (χ0) is 19.3. The molecule has 0 amide bonds. The van der Waals surface area contributed by atoms with E-state index in [1.807, 2.05) is 0 Å². The summed E-state index contributed by atoms with van der Waals surface area (Å²) in [4.78, 5) is 22.0. The number of nitrogens with one attached hydrogen (secondary N) is 1. The number of rotatable bonds is 7. The van der Waals surface area contributed by atoms with Crippen LogP contribution in [0.5, 0.6) is 0 Å². The molecule has 2 heterocycles. The molecule has 1 atom stereocenters. The van der Waals surface area contributed by atoms with Crippen molar-refractivity contribution in [2.24, 2.45) is 5.41 Å². The number of hydrogen-bond acceptors (Lipinski definition) is 6. The van der Waals surface area contributed by atoms with Crippen LogP contribution in [0.25, 0.3) is 6.08 Å². The molecule has 7 nitrogen and oxygen atoms in total. The lowest BCUT2D eigenvalue weighted by Crippen LogP contribution is -2.41. The third kappa shape index (κ3) is 5.26. The van der Waals surface area contributed by atoms with E-state index in [0.29, 0.717) is 17.6 Å². The summed E-state index contributed by atoms with van der Waals surface area (Å²) >= 11 is 0. The van der Waals surface area contributed by atoms with E-state index in [-0.39, 0.29) is 17.6 Å². The molecule has 148 valence electrons. The first-order valence-electron chi connectivity index (χ1n) is 9.83.